The minimum absolute atomic E-state index is 0.0926. The second kappa shape index (κ2) is 7.22. The van der Waals surface area contributed by atoms with Crippen molar-refractivity contribution < 1.29 is 14.5 Å². The van der Waals surface area contributed by atoms with Gasteiger partial charge in [0.15, 0.2) is 5.17 Å². The first-order valence-electron chi connectivity index (χ1n) is 7.67. The van der Waals surface area contributed by atoms with Gasteiger partial charge in [0.1, 0.15) is 10.9 Å². The zero-order valence-electron chi connectivity index (χ0n) is 14.5. The number of rotatable bonds is 4. The van der Waals surface area contributed by atoms with E-state index in [9.17, 15) is 19.7 Å². The van der Waals surface area contributed by atoms with Crippen LogP contribution in [0.1, 0.15) is 32.8 Å². The normalized spacial score (nSPS) is 19.0. The number of nitrogens with zero attached hydrogens (tertiary/aromatic N) is 2. The molecule has 0 radical (unpaired) electrons. The molecule has 0 bridgehead atoms. The molecular formula is C16H20N4O4S. The molecule has 0 unspecified atom stereocenters. The molecule has 1 aromatic carbocycles. The van der Waals surface area contributed by atoms with Gasteiger partial charge in [0, 0.05) is 12.5 Å². The van der Waals surface area contributed by atoms with Crippen molar-refractivity contribution in [2.45, 2.75) is 44.9 Å². The van der Waals surface area contributed by atoms with E-state index in [2.05, 4.69) is 15.6 Å². The molecule has 8 nitrogen and oxygen atoms in total. The number of nitro groups is 1. The van der Waals surface area contributed by atoms with Crippen molar-refractivity contribution in [2.24, 2.45) is 4.99 Å². The first-order chi connectivity index (χ1) is 11.5. The molecule has 1 aliphatic rings. The standard InChI is InChI=1S/C16H20N4O4S/c1-9-5-6-10(11(7-9)20(23)24)17-13(21)8-12-14(22)18-15(25-12)19-16(2,3)4/h5-7,12H,8H2,1-4H3,(H,17,21)(H,18,19,22)/t12-/m0/s1. The average Bonchev–Trinajstić information content (AvgIpc) is 2.78. The van der Waals surface area contributed by atoms with Gasteiger partial charge in [0.05, 0.1) is 10.5 Å². The Kier molecular flexibility index (Phi) is 5.46. The summed E-state index contributed by atoms with van der Waals surface area (Å²) >= 11 is 1.19. The highest BCUT2D eigenvalue weighted by Gasteiger charge is 2.33. The van der Waals surface area contributed by atoms with Crippen LogP contribution in [0, 0.1) is 17.0 Å². The maximum absolute atomic E-state index is 12.2. The third-order valence-electron chi connectivity index (χ3n) is 3.21. The highest BCUT2D eigenvalue weighted by molar-refractivity contribution is 8.15. The molecule has 0 aromatic heterocycles. The molecule has 1 saturated heterocycles. The minimum Gasteiger partial charge on any atom is -0.320 e. The van der Waals surface area contributed by atoms with Crippen molar-refractivity contribution in [1.29, 1.82) is 0 Å². The lowest BCUT2D eigenvalue weighted by Crippen LogP contribution is -2.29. The van der Waals surface area contributed by atoms with Crippen molar-refractivity contribution in [3.05, 3.63) is 33.9 Å². The maximum Gasteiger partial charge on any atom is 0.293 e. The van der Waals surface area contributed by atoms with Gasteiger partial charge in [-0.25, -0.2) is 0 Å². The Labute approximate surface area is 149 Å². The Morgan fingerprint density at radius 2 is 2.12 bits per heavy atom. The fourth-order valence-electron chi connectivity index (χ4n) is 2.16. The molecule has 2 rings (SSSR count). The number of nitro benzene ring substituents is 1. The fraction of sp³-hybridized carbons (Fsp3) is 0.438. The van der Waals surface area contributed by atoms with E-state index in [1.165, 1.54) is 23.9 Å². The lowest BCUT2D eigenvalue weighted by Gasteiger charge is -2.12. The van der Waals surface area contributed by atoms with Gasteiger partial charge in [0.2, 0.25) is 11.8 Å². The second-order valence-corrected chi connectivity index (χ2v) is 7.90. The Bertz CT molecular complexity index is 755. The molecule has 1 heterocycles. The summed E-state index contributed by atoms with van der Waals surface area (Å²) in [7, 11) is 0. The predicted octanol–water partition coefficient (Wildman–Crippen LogP) is 2.62. The third-order valence-corrected chi connectivity index (χ3v) is 4.29. The highest BCUT2D eigenvalue weighted by Crippen LogP contribution is 2.28. The van der Waals surface area contributed by atoms with Crippen molar-refractivity contribution in [1.82, 2.24) is 5.32 Å². The number of aliphatic imine (C=N–C) groups is 1. The molecule has 0 saturated carbocycles. The van der Waals surface area contributed by atoms with Gasteiger partial charge in [-0.1, -0.05) is 17.8 Å². The van der Waals surface area contributed by atoms with E-state index in [1.54, 1.807) is 13.0 Å². The number of amides is 2. The first-order valence-corrected chi connectivity index (χ1v) is 8.55. The van der Waals surface area contributed by atoms with Gasteiger partial charge in [0.25, 0.3) is 5.69 Å². The van der Waals surface area contributed by atoms with Crippen LogP contribution in [0.2, 0.25) is 0 Å². The van der Waals surface area contributed by atoms with E-state index >= 15 is 0 Å². The van der Waals surface area contributed by atoms with Crippen LogP contribution in [-0.2, 0) is 9.59 Å². The summed E-state index contributed by atoms with van der Waals surface area (Å²) in [5.41, 5.74) is 0.327. The van der Waals surface area contributed by atoms with Crippen LogP contribution in [-0.4, -0.2) is 32.7 Å². The number of aryl methyl sites for hydroxylation is 1. The number of thioether (sulfide) groups is 1. The van der Waals surface area contributed by atoms with Gasteiger partial charge < -0.3 is 10.6 Å². The van der Waals surface area contributed by atoms with Crippen LogP contribution in [0.25, 0.3) is 0 Å². The van der Waals surface area contributed by atoms with Crippen LogP contribution in [0.15, 0.2) is 23.2 Å². The predicted molar refractivity (Wildman–Crippen MR) is 97.8 cm³/mol. The molecule has 1 atom stereocenters. The zero-order chi connectivity index (χ0) is 18.8. The molecule has 2 N–H and O–H groups in total. The molecule has 134 valence electrons. The monoisotopic (exact) mass is 364 g/mol. The average molecular weight is 364 g/mol. The Morgan fingerprint density at radius 1 is 1.44 bits per heavy atom. The number of hydrogen-bond donors (Lipinski definition) is 2. The summed E-state index contributed by atoms with van der Waals surface area (Å²) in [5, 5.41) is 16.1. The summed E-state index contributed by atoms with van der Waals surface area (Å²) in [4.78, 5) is 39.1. The maximum atomic E-state index is 12.2. The quantitative estimate of drug-likeness (QED) is 0.630. The van der Waals surface area contributed by atoms with Crippen LogP contribution in [0.4, 0.5) is 11.4 Å². The minimum atomic E-state index is -0.606. The largest absolute Gasteiger partial charge is 0.320 e. The summed E-state index contributed by atoms with van der Waals surface area (Å²) in [6, 6.07) is 4.55. The van der Waals surface area contributed by atoms with Crippen LogP contribution in [0.3, 0.4) is 0 Å². The zero-order valence-corrected chi connectivity index (χ0v) is 15.3. The van der Waals surface area contributed by atoms with Crippen molar-refractivity contribution in [3.63, 3.8) is 0 Å². The fourth-order valence-corrected chi connectivity index (χ4v) is 3.32. The number of nitrogens with one attached hydrogen (secondary N) is 2. The first kappa shape index (κ1) is 18.9. The van der Waals surface area contributed by atoms with Crippen molar-refractivity contribution in [3.8, 4) is 0 Å². The molecule has 9 heteroatoms. The molecule has 0 spiro atoms. The number of amidine groups is 1. The molecule has 1 aromatic rings. The van der Waals surface area contributed by atoms with Gasteiger partial charge in [-0.2, -0.15) is 0 Å². The van der Waals surface area contributed by atoms with Crippen LogP contribution in [0.5, 0.6) is 0 Å². The van der Waals surface area contributed by atoms with Crippen molar-refractivity contribution in [2.75, 3.05) is 5.32 Å². The Morgan fingerprint density at radius 3 is 2.72 bits per heavy atom. The summed E-state index contributed by atoms with van der Waals surface area (Å²) in [6.45, 7) is 7.45. The van der Waals surface area contributed by atoms with E-state index in [-0.39, 0.29) is 29.2 Å². The lowest BCUT2D eigenvalue weighted by molar-refractivity contribution is -0.384. The number of hydrogen-bond acceptors (Lipinski definition) is 6. The lowest BCUT2D eigenvalue weighted by atomic mass is 10.1. The third kappa shape index (κ3) is 5.28. The number of carbonyl (C=O) groups is 2. The van der Waals surface area contributed by atoms with Crippen LogP contribution < -0.4 is 10.6 Å². The molecular weight excluding hydrogens is 344 g/mol. The summed E-state index contributed by atoms with van der Waals surface area (Å²) in [5.74, 6) is -0.752. The summed E-state index contributed by atoms with van der Waals surface area (Å²) in [6.07, 6.45) is -0.0926. The van der Waals surface area contributed by atoms with E-state index < -0.39 is 16.1 Å². The van der Waals surface area contributed by atoms with E-state index in [0.717, 1.165) is 5.56 Å². The van der Waals surface area contributed by atoms with Gasteiger partial charge in [-0.05, 0) is 39.3 Å². The smallest absolute Gasteiger partial charge is 0.293 e. The van der Waals surface area contributed by atoms with E-state index in [4.69, 9.17) is 0 Å². The van der Waals surface area contributed by atoms with Gasteiger partial charge in [-0.3, -0.25) is 24.7 Å². The van der Waals surface area contributed by atoms with Gasteiger partial charge >= 0.3 is 0 Å². The van der Waals surface area contributed by atoms with Crippen LogP contribution >= 0.6 is 11.8 Å². The van der Waals surface area contributed by atoms with E-state index in [0.29, 0.717) is 5.17 Å². The Hall–Kier alpha value is -2.42. The van der Waals surface area contributed by atoms with Gasteiger partial charge in [-0.15, -0.1) is 0 Å². The SMILES string of the molecule is Cc1ccc(NC(=O)C[C@@H]2SC(=NC(C)(C)C)NC2=O)c([N+](=O)[O-])c1. The molecule has 1 aliphatic heterocycles. The number of anilines is 1. The summed E-state index contributed by atoms with van der Waals surface area (Å²) < 4.78 is 0. The molecule has 1 fully saturated rings. The topological polar surface area (TPSA) is 114 Å². The molecule has 25 heavy (non-hydrogen) atoms. The number of benzene rings is 1. The second-order valence-electron chi connectivity index (χ2n) is 6.71. The highest BCUT2D eigenvalue weighted by atomic mass is 32.2. The molecule has 2 amide bonds. The molecule has 0 aliphatic carbocycles. The van der Waals surface area contributed by atoms with E-state index in [1.807, 2.05) is 20.8 Å². The Balaban J connectivity index is 2.05. The number of carbonyl (C=O) groups excluding carboxylic acids is 2. The van der Waals surface area contributed by atoms with Crippen molar-refractivity contribution >= 4 is 40.1 Å².